The van der Waals surface area contributed by atoms with Crippen LogP contribution in [0.3, 0.4) is 0 Å². The smallest absolute Gasteiger partial charge is 0.332 e. The second-order valence-corrected chi connectivity index (χ2v) is 6.32. The van der Waals surface area contributed by atoms with E-state index in [4.69, 9.17) is 4.74 Å². The van der Waals surface area contributed by atoms with E-state index >= 15 is 0 Å². The molecule has 5 heteroatoms. The van der Waals surface area contributed by atoms with Gasteiger partial charge in [-0.15, -0.1) is 0 Å². The molecule has 0 bridgehead atoms. The first kappa shape index (κ1) is 13.9. The zero-order valence-corrected chi connectivity index (χ0v) is 12.6. The summed E-state index contributed by atoms with van der Waals surface area (Å²) in [6.45, 7) is 4.76. The van der Waals surface area contributed by atoms with E-state index in [0.717, 1.165) is 12.8 Å². The second-order valence-electron chi connectivity index (χ2n) is 6.32. The van der Waals surface area contributed by atoms with Crippen molar-refractivity contribution in [3.05, 3.63) is 24.3 Å². The van der Waals surface area contributed by atoms with Crippen LogP contribution in [0.1, 0.15) is 26.7 Å². The summed E-state index contributed by atoms with van der Waals surface area (Å²) in [5, 5.41) is 0. The van der Waals surface area contributed by atoms with E-state index in [-0.39, 0.29) is 23.4 Å². The minimum absolute atomic E-state index is 0.144. The number of imide groups is 1. The molecule has 1 aromatic carbocycles. The van der Waals surface area contributed by atoms with Gasteiger partial charge in [-0.05, 0) is 30.4 Å². The van der Waals surface area contributed by atoms with Gasteiger partial charge in [0, 0.05) is 6.54 Å². The van der Waals surface area contributed by atoms with Crippen LogP contribution in [0.15, 0.2) is 24.3 Å². The maximum absolute atomic E-state index is 12.8. The molecule has 2 heterocycles. The summed E-state index contributed by atoms with van der Waals surface area (Å²) in [6.07, 6.45) is 1.88. The number of methoxy groups -OCH3 is 1. The number of carbonyl (C=O) groups is 2. The first-order valence-corrected chi connectivity index (χ1v) is 7.25. The van der Waals surface area contributed by atoms with Gasteiger partial charge in [-0.2, -0.15) is 0 Å². The van der Waals surface area contributed by atoms with Gasteiger partial charge in [-0.3, -0.25) is 4.79 Å². The lowest BCUT2D eigenvalue weighted by atomic mass is 9.77. The van der Waals surface area contributed by atoms with E-state index in [1.54, 1.807) is 30.2 Å². The van der Waals surface area contributed by atoms with Crippen LogP contribution in [-0.2, 0) is 4.79 Å². The van der Waals surface area contributed by atoms with Gasteiger partial charge in [0.05, 0.1) is 12.8 Å². The molecule has 1 atom stereocenters. The molecule has 1 aromatic rings. The number of nitrogens with zero attached hydrogens (tertiary/aromatic N) is 2. The van der Waals surface area contributed by atoms with Crippen LogP contribution in [0.2, 0.25) is 0 Å². The molecule has 0 saturated carbocycles. The molecular formula is C16H20N2O3. The molecule has 3 amide bonds. The number of piperidine rings is 1. The molecule has 5 nitrogen and oxygen atoms in total. The van der Waals surface area contributed by atoms with Crippen LogP contribution in [0.25, 0.3) is 0 Å². The van der Waals surface area contributed by atoms with Crippen molar-refractivity contribution in [2.24, 2.45) is 5.41 Å². The number of urea groups is 1. The maximum atomic E-state index is 12.8. The molecule has 2 aliphatic rings. The molecule has 0 aromatic heterocycles. The van der Waals surface area contributed by atoms with Gasteiger partial charge in [-0.25, -0.2) is 9.69 Å². The molecule has 112 valence electrons. The van der Waals surface area contributed by atoms with Crippen molar-refractivity contribution < 1.29 is 14.3 Å². The van der Waals surface area contributed by atoms with Crippen molar-refractivity contribution in [1.82, 2.24) is 4.90 Å². The average molecular weight is 288 g/mol. The Hall–Kier alpha value is -2.04. The maximum Gasteiger partial charge on any atom is 0.332 e. The first-order chi connectivity index (χ1) is 9.97. The predicted octanol–water partition coefficient (Wildman–Crippen LogP) is 2.65. The fourth-order valence-corrected chi connectivity index (χ4v) is 3.45. The fraction of sp³-hybridized carbons (Fsp3) is 0.500. The van der Waals surface area contributed by atoms with Crippen molar-refractivity contribution in [2.75, 3.05) is 18.6 Å². The Kier molecular flexibility index (Phi) is 3.15. The summed E-state index contributed by atoms with van der Waals surface area (Å²) in [4.78, 5) is 28.5. The average Bonchev–Trinajstić information content (AvgIpc) is 2.71. The highest BCUT2D eigenvalue weighted by atomic mass is 16.5. The minimum Gasteiger partial charge on any atom is -0.495 e. The van der Waals surface area contributed by atoms with E-state index in [1.165, 1.54) is 4.90 Å². The third-order valence-electron chi connectivity index (χ3n) is 4.49. The summed E-state index contributed by atoms with van der Waals surface area (Å²) in [5.41, 5.74) is 0.335. The molecule has 2 aliphatic heterocycles. The normalized spacial score (nSPS) is 24.2. The lowest BCUT2D eigenvalue weighted by molar-refractivity contribution is -0.124. The third-order valence-corrected chi connectivity index (χ3v) is 4.49. The molecule has 0 N–H and O–H groups in total. The van der Waals surface area contributed by atoms with Gasteiger partial charge in [0.15, 0.2) is 0 Å². The zero-order valence-electron chi connectivity index (χ0n) is 12.6. The number of rotatable bonds is 2. The SMILES string of the molecule is COc1ccccc1N1C(=O)C2N(CCCC2(C)C)C1=O. The molecule has 0 spiro atoms. The van der Waals surface area contributed by atoms with Gasteiger partial charge < -0.3 is 9.64 Å². The van der Waals surface area contributed by atoms with E-state index in [9.17, 15) is 9.59 Å². The Morgan fingerprint density at radius 2 is 1.95 bits per heavy atom. The Bertz CT molecular complexity index is 597. The highest BCUT2D eigenvalue weighted by molar-refractivity contribution is 6.22. The van der Waals surface area contributed by atoms with Crippen molar-refractivity contribution in [2.45, 2.75) is 32.7 Å². The van der Waals surface area contributed by atoms with Crippen molar-refractivity contribution in [1.29, 1.82) is 0 Å². The highest BCUT2D eigenvalue weighted by Gasteiger charge is 2.54. The molecule has 2 fully saturated rings. The first-order valence-electron chi connectivity index (χ1n) is 7.25. The van der Waals surface area contributed by atoms with E-state index < -0.39 is 0 Å². The topological polar surface area (TPSA) is 49.9 Å². The van der Waals surface area contributed by atoms with Gasteiger partial charge in [0.1, 0.15) is 11.8 Å². The molecule has 0 aliphatic carbocycles. The van der Waals surface area contributed by atoms with Crippen LogP contribution in [0, 0.1) is 5.41 Å². The predicted molar refractivity (Wildman–Crippen MR) is 79.4 cm³/mol. The standard InChI is InChI=1S/C16H20N2O3/c1-16(2)9-6-10-17-13(16)14(19)18(15(17)20)11-7-4-5-8-12(11)21-3/h4-5,7-8,13H,6,9-10H2,1-3H3. The van der Waals surface area contributed by atoms with Crippen LogP contribution in [0.5, 0.6) is 5.75 Å². The number of hydrogen-bond acceptors (Lipinski definition) is 3. The number of hydrogen-bond donors (Lipinski definition) is 0. The Morgan fingerprint density at radius 1 is 1.24 bits per heavy atom. The number of fused-ring (bicyclic) bond motifs is 1. The number of carbonyl (C=O) groups excluding carboxylic acids is 2. The van der Waals surface area contributed by atoms with Crippen molar-refractivity contribution in [3.63, 3.8) is 0 Å². The monoisotopic (exact) mass is 288 g/mol. The lowest BCUT2D eigenvalue weighted by Crippen LogP contribution is -2.49. The van der Waals surface area contributed by atoms with E-state index in [2.05, 4.69) is 13.8 Å². The largest absolute Gasteiger partial charge is 0.495 e. The van der Waals surface area contributed by atoms with Gasteiger partial charge in [0.25, 0.3) is 5.91 Å². The summed E-state index contributed by atoms with van der Waals surface area (Å²) in [6, 6.07) is 6.54. The number of amides is 3. The Balaban J connectivity index is 2.05. The Labute approximate surface area is 124 Å². The second kappa shape index (κ2) is 4.76. The molecule has 2 saturated heterocycles. The van der Waals surface area contributed by atoms with Gasteiger partial charge >= 0.3 is 6.03 Å². The molecule has 21 heavy (non-hydrogen) atoms. The Morgan fingerprint density at radius 3 is 2.62 bits per heavy atom. The number of anilines is 1. The van der Waals surface area contributed by atoms with Crippen LogP contribution in [0.4, 0.5) is 10.5 Å². The zero-order chi connectivity index (χ0) is 15.2. The van der Waals surface area contributed by atoms with Crippen LogP contribution >= 0.6 is 0 Å². The highest BCUT2D eigenvalue weighted by Crippen LogP contribution is 2.42. The van der Waals surface area contributed by atoms with E-state index in [0.29, 0.717) is 18.0 Å². The summed E-state index contributed by atoms with van der Waals surface area (Å²) >= 11 is 0. The van der Waals surface area contributed by atoms with Crippen molar-refractivity contribution in [3.8, 4) is 5.75 Å². The minimum atomic E-state index is -0.372. The molecule has 1 unspecified atom stereocenters. The van der Waals surface area contributed by atoms with Crippen molar-refractivity contribution >= 4 is 17.6 Å². The summed E-state index contributed by atoms with van der Waals surface area (Å²) in [5.74, 6) is 0.394. The van der Waals surface area contributed by atoms with Crippen LogP contribution in [-0.4, -0.2) is 36.5 Å². The number of benzene rings is 1. The van der Waals surface area contributed by atoms with E-state index in [1.807, 2.05) is 6.07 Å². The van der Waals surface area contributed by atoms with Crippen LogP contribution < -0.4 is 9.64 Å². The summed E-state index contributed by atoms with van der Waals surface area (Å²) < 4.78 is 5.30. The fourth-order valence-electron chi connectivity index (χ4n) is 3.45. The van der Waals surface area contributed by atoms with Gasteiger partial charge in [0.2, 0.25) is 0 Å². The summed E-state index contributed by atoms with van der Waals surface area (Å²) in [7, 11) is 1.54. The molecule has 0 radical (unpaired) electrons. The third kappa shape index (κ3) is 1.99. The molecule has 3 rings (SSSR count). The quantitative estimate of drug-likeness (QED) is 0.786. The number of para-hydroxylation sites is 2. The molecular weight excluding hydrogens is 268 g/mol. The number of ether oxygens (including phenoxy) is 1. The van der Waals surface area contributed by atoms with Gasteiger partial charge in [-0.1, -0.05) is 26.0 Å². The lowest BCUT2D eigenvalue weighted by Gasteiger charge is -2.39.